The van der Waals surface area contributed by atoms with Crippen LogP contribution in [0.3, 0.4) is 0 Å². The van der Waals surface area contributed by atoms with Crippen molar-refractivity contribution in [3.8, 4) is 11.8 Å². The molecule has 0 fully saturated rings. The number of carbonyl (C=O) groups is 1. The number of aliphatic imine (C=N–C) groups is 1. The highest BCUT2D eigenvalue weighted by molar-refractivity contribution is 5.87. The van der Waals surface area contributed by atoms with Gasteiger partial charge in [-0.1, -0.05) is 24.3 Å². The summed E-state index contributed by atoms with van der Waals surface area (Å²) in [6.07, 6.45) is 1.71. The summed E-state index contributed by atoms with van der Waals surface area (Å²) in [6.45, 7) is 0.321. The lowest BCUT2D eigenvalue weighted by Gasteiger charge is -2.09. The van der Waals surface area contributed by atoms with Gasteiger partial charge in [0.25, 0.3) is 0 Å². The van der Waals surface area contributed by atoms with E-state index in [-0.39, 0.29) is 5.56 Å². The van der Waals surface area contributed by atoms with Crippen LogP contribution in [-0.2, 0) is 6.61 Å². The van der Waals surface area contributed by atoms with Gasteiger partial charge in [-0.25, -0.2) is 4.79 Å². The molecule has 27 heavy (non-hydrogen) atoms. The van der Waals surface area contributed by atoms with E-state index < -0.39 is 5.97 Å². The Morgan fingerprint density at radius 2 is 1.74 bits per heavy atom. The predicted molar refractivity (Wildman–Crippen MR) is 103 cm³/mol. The Morgan fingerprint density at radius 3 is 2.41 bits per heavy atom. The minimum Gasteiger partial charge on any atom is -0.488 e. The fourth-order valence-electron chi connectivity index (χ4n) is 2.39. The Balaban J connectivity index is 1.70. The smallest absolute Gasteiger partial charge is 0.335 e. The number of benzene rings is 3. The summed E-state index contributed by atoms with van der Waals surface area (Å²) in [5, 5.41) is 17.8. The number of nitrogens with zero attached hydrogens (tertiary/aromatic N) is 2. The fraction of sp³-hybridized carbons (Fsp3) is 0.0455. The van der Waals surface area contributed by atoms with Crippen molar-refractivity contribution in [2.75, 3.05) is 0 Å². The maximum absolute atomic E-state index is 10.9. The maximum Gasteiger partial charge on any atom is 0.335 e. The Morgan fingerprint density at radius 1 is 1.04 bits per heavy atom. The van der Waals surface area contributed by atoms with Crippen molar-refractivity contribution < 1.29 is 14.6 Å². The third kappa shape index (κ3) is 4.80. The van der Waals surface area contributed by atoms with E-state index in [0.29, 0.717) is 17.9 Å². The zero-order chi connectivity index (χ0) is 19.1. The summed E-state index contributed by atoms with van der Waals surface area (Å²) in [7, 11) is 0. The van der Waals surface area contributed by atoms with E-state index in [0.717, 1.165) is 16.8 Å². The molecule has 0 saturated heterocycles. The topological polar surface area (TPSA) is 82.7 Å². The number of rotatable bonds is 6. The van der Waals surface area contributed by atoms with Crippen molar-refractivity contribution in [2.45, 2.75) is 6.61 Å². The van der Waals surface area contributed by atoms with Gasteiger partial charge in [-0.3, -0.25) is 4.99 Å². The molecule has 0 bridgehead atoms. The van der Waals surface area contributed by atoms with E-state index >= 15 is 0 Å². The largest absolute Gasteiger partial charge is 0.488 e. The zero-order valence-electron chi connectivity index (χ0n) is 14.4. The quantitative estimate of drug-likeness (QED) is 0.655. The van der Waals surface area contributed by atoms with Crippen LogP contribution in [0.5, 0.6) is 5.75 Å². The number of aromatic carboxylic acids is 1. The van der Waals surface area contributed by atoms with Crippen LogP contribution < -0.4 is 4.74 Å². The molecule has 0 aliphatic rings. The van der Waals surface area contributed by atoms with Gasteiger partial charge in [0.2, 0.25) is 0 Å². The van der Waals surface area contributed by atoms with Crippen molar-refractivity contribution in [1.82, 2.24) is 0 Å². The number of para-hydroxylation sites is 1. The monoisotopic (exact) mass is 356 g/mol. The lowest BCUT2D eigenvalue weighted by Crippen LogP contribution is -2.00. The lowest BCUT2D eigenvalue weighted by molar-refractivity contribution is 0.0697. The number of ether oxygens (including phenoxy) is 1. The van der Waals surface area contributed by atoms with Crippen molar-refractivity contribution >= 4 is 17.9 Å². The molecule has 0 spiro atoms. The second kappa shape index (κ2) is 8.45. The standard InChI is InChI=1S/C22H16N2O3/c23-13-16-7-11-20(12-8-16)24-14-19-3-1-2-4-21(19)27-15-17-5-9-18(10-6-17)22(25)26/h1-12,14H,15H2,(H,25,26). The van der Waals surface area contributed by atoms with Crippen LogP contribution in [0, 0.1) is 11.3 Å². The van der Waals surface area contributed by atoms with Crippen LogP contribution in [-0.4, -0.2) is 17.3 Å². The summed E-state index contributed by atoms with van der Waals surface area (Å²) < 4.78 is 5.87. The van der Waals surface area contributed by atoms with Crippen LogP contribution in [0.2, 0.25) is 0 Å². The Bertz CT molecular complexity index is 1000. The van der Waals surface area contributed by atoms with Gasteiger partial charge < -0.3 is 9.84 Å². The minimum absolute atomic E-state index is 0.244. The zero-order valence-corrected chi connectivity index (χ0v) is 14.4. The van der Waals surface area contributed by atoms with Gasteiger partial charge in [-0.2, -0.15) is 5.26 Å². The van der Waals surface area contributed by atoms with E-state index in [1.54, 1.807) is 54.7 Å². The second-order valence-corrected chi connectivity index (χ2v) is 5.75. The highest BCUT2D eigenvalue weighted by atomic mass is 16.5. The molecular formula is C22H16N2O3. The van der Waals surface area contributed by atoms with Gasteiger partial charge in [0.1, 0.15) is 12.4 Å². The lowest BCUT2D eigenvalue weighted by atomic mass is 10.1. The molecule has 1 N–H and O–H groups in total. The SMILES string of the molecule is N#Cc1ccc(N=Cc2ccccc2OCc2ccc(C(=O)O)cc2)cc1. The predicted octanol–water partition coefficient (Wildman–Crippen LogP) is 4.59. The molecule has 0 atom stereocenters. The van der Waals surface area contributed by atoms with Gasteiger partial charge >= 0.3 is 5.97 Å². The average molecular weight is 356 g/mol. The summed E-state index contributed by atoms with van der Waals surface area (Å²) in [4.78, 5) is 15.3. The molecule has 0 amide bonds. The van der Waals surface area contributed by atoms with Crippen molar-refractivity contribution in [2.24, 2.45) is 4.99 Å². The molecule has 0 aliphatic carbocycles. The molecule has 0 aliphatic heterocycles. The van der Waals surface area contributed by atoms with Crippen LogP contribution >= 0.6 is 0 Å². The van der Waals surface area contributed by atoms with Gasteiger partial charge in [-0.05, 0) is 54.1 Å². The van der Waals surface area contributed by atoms with E-state index in [1.165, 1.54) is 0 Å². The first kappa shape index (κ1) is 17.9. The molecule has 3 aromatic rings. The average Bonchev–Trinajstić information content (AvgIpc) is 2.72. The highest BCUT2D eigenvalue weighted by Crippen LogP contribution is 2.20. The van der Waals surface area contributed by atoms with Crippen molar-refractivity contribution in [3.05, 3.63) is 95.1 Å². The molecule has 0 saturated carbocycles. The molecular weight excluding hydrogens is 340 g/mol. The number of hydrogen-bond donors (Lipinski definition) is 1. The molecule has 3 rings (SSSR count). The summed E-state index contributed by atoms with van der Waals surface area (Å²) in [5.41, 5.74) is 3.27. The Labute approximate surface area is 156 Å². The third-order valence-corrected chi connectivity index (χ3v) is 3.86. The summed E-state index contributed by atoms with van der Waals surface area (Å²) in [6, 6.07) is 23.2. The first-order valence-corrected chi connectivity index (χ1v) is 8.24. The molecule has 5 nitrogen and oxygen atoms in total. The van der Waals surface area contributed by atoms with E-state index in [9.17, 15) is 4.79 Å². The normalized spacial score (nSPS) is 10.5. The maximum atomic E-state index is 10.9. The highest BCUT2D eigenvalue weighted by Gasteiger charge is 2.04. The van der Waals surface area contributed by atoms with E-state index in [2.05, 4.69) is 11.1 Å². The van der Waals surface area contributed by atoms with E-state index in [4.69, 9.17) is 15.1 Å². The van der Waals surface area contributed by atoms with Gasteiger partial charge in [-0.15, -0.1) is 0 Å². The van der Waals surface area contributed by atoms with Gasteiger partial charge in [0.15, 0.2) is 0 Å². The number of nitriles is 1. The molecule has 0 heterocycles. The number of hydrogen-bond acceptors (Lipinski definition) is 4. The number of carboxylic acids is 1. The number of carboxylic acid groups (broad SMARTS) is 1. The third-order valence-electron chi connectivity index (χ3n) is 3.86. The van der Waals surface area contributed by atoms with Crippen LogP contribution in [0.25, 0.3) is 0 Å². The molecule has 5 heteroatoms. The Kier molecular flexibility index (Phi) is 5.60. The van der Waals surface area contributed by atoms with Crippen LogP contribution in [0.15, 0.2) is 77.8 Å². The van der Waals surface area contributed by atoms with Crippen LogP contribution in [0.4, 0.5) is 5.69 Å². The fourth-order valence-corrected chi connectivity index (χ4v) is 2.39. The van der Waals surface area contributed by atoms with Crippen molar-refractivity contribution in [3.63, 3.8) is 0 Å². The minimum atomic E-state index is -0.952. The summed E-state index contributed by atoms with van der Waals surface area (Å²) in [5.74, 6) is -0.274. The van der Waals surface area contributed by atoms with Gasteiger partial charge in [0.05, 0.1) is 22.9 Å². The summed E-state index contributed by atoms with van der Waals surface area (Å²) >= 11 is 0. The first-order chi connectivity index (χ1) is 13.2. The van der Waals surface area contributed by atoms with Gasteiger partial charge in [0, 0.05) is 11.8 Å². The first-order valence-electron chi connectivity index (χ1n) is 8.24. The van der Waals surface area contributed by atoms with Crippen LogP contribution in [0.1, 0.15) is 27.0 Å². The molecule has 0 radical (unpaired) electrons. The Hall–Kier alpha value is -3.91. The molecule has 0 unspecified atom stereocenters. The molecule has 132 valence electrons. The second-order valence-electron chi connectivity index (χ2n) is 5.75. The molecule has 0 aromatic heterocycles. The van der Waals surface area contributed by atoms with Crippen molar-refractivity contribution in [1.29, 1.82) is 5.26 Å². The van der Waals surface area contributed by atoms with E-state index in [1.807, 2.05) is 24.3 Å². The molecule has 3 aromatic carbocycles.